The number of rotatable bonds is 2. The third kappa shape index (κ3) is 3.32. The Hall–Kier alpha value is -0.870. The van der Waals surface area contributed by atoms with E-state index in [1.807, 2.05) is 0 Å². The summed E-state index contributed by atoms with van der Waals surface area (Å²) in [5.41, 5.74) is 0. The van der Waals surface area contributed by atoms with Crippen LogP contribution in [-0.2, 0) is 0 Å². The van der Waals surface area contributed by atoms with Crippen molar-refractivity contribution in [3.63, 3.8) is 0 Å². The van der Waals surface area contributed by atoms with Gasteiger partial charge in [-0.1, -0.05) is 0 Å². The molecule has 0 unspecified atom stereocenters. The summed E-state index contributed by atoms with van der Waals surface area (Å²) in [6.45, 7) is 1.86. The molecule has 0 saturated carbocycles. The highest BCUT2D eigenvalue weighted by atomic mass is 35.5. The van der Waals surface area contributed by atoms with Crippen LogP contribution < -0.4 is 10.1 Å². The van der Waals surface area contributed by atoms with Gasteiger partial charge in [-0.25, -0.2) is 9.37 Å². The Kier molecular flexibility index (Phi) is 4.78. The second kappa shape index (κ2) is 5.88. The number of aromatic nitrogens is 1. The zero-order chi connectivity index (χ0) is 9.80. The molecule has 1 aromatic rings. The SMILES string of the molecule is Cl.Fc1cccnc1OC1CCNCC1. The molecule has 2 heterocycles. The van der Waals surface area contributed by atoms with Gasteiger partial charge < -0.3 is 10.1 Å². The minimum absolute atomic E-state index is 0. The fraction of sp³-hybridized carbons (Fsp3) is 0.500. The van der Waals surface area contributed by atoms with E-state index < -0.39 is 0 Å². The Morgan fingerprint density at radius 1 is 1.40 bits per heavy atom. The third-order valence-corrected chi connectivity index (χ3v) is 2.29. The molecule has 0 aromatic carbocycles. The Bertz CT molecular complexity index is 305. The summed E-state index contributed by atoms with van der Waals surface area (Å²) in [7, 11) is 0. The third-order valence-electron chi connectivity index (χ3n) is 2.29. The molecule has 0 spiro atoms. The Balaban J connectivity index is 0.00000112. The highest BCUT2D eigenvalue weighted by molar-refractivity contribution is 5.85. The van der Waals surface area contributed by atoms with Crippen LogP contribution in [0.3, 0.4) is 0 Å². The standard InChI is InChI=1S/C10H13FN2O.ClH/c11-9-2-1-5-13-10(9)14-8-3-6-12-7-4-8;/h1-2,5,8,12H,3-4,6-7H2;1H. The molecule has 1 N–H and O–H groups in total. The molecular formula is C10H14ClFN2O. The van der Waals surface area contributed by atoms with Crippen LogP contribution in [-0.4, -0.2) is 24.2 Å². The molecular weight excluding hydrogens is 219 g/mol. The van der Waals surface area contributed by atoms with Gasteiger partial charge in [0.15, 0.2) is 5.82 Å². The second-order valence-corrected chi connectivity index (χ2v) is 3.36. The van der Waals surface area contributed by atoms with Gasteiger partial charge in [0, 0.05) is 6.20 Å². The monoisotopic (exact) mass is 232 g/mol. The zero-order valence-corrected chi connectivity index (χ0v) is 9.10. The predicted molar refractivity (Wildman–Crippen MR) is 58.0 cm³/mol. The largest absolute Gasteiger partial charge is 0.472 e. The van der Waals surface area contributed by atoms with Crippen LogP contribution in [0.2, 0.25) is 0 Å². The molecule has 0 bridgehead atoms. The number of nitrogens with one attached hydrogen (secondary N) is 1. The molecule has 0 atom stereocenters. The zero-order valence-electron chi connectivity index (χ0n) is 8.28. The summed E-state index contributed by atoms with van der Waals surface area (Å²) in [5, 5.41) is 3.22. The Labute approximate surface area is 94.5 Å². The van der Waals surface area contributed by atoms with Gasteiger partial charge in [-0.3, -0.25) is 0 Å². The molecule has 15 heavy (non-hydrogen) atoms. The highest BCUT2D eigenvalue weighted by Gasteiger charge is 2.16. The van der Waals surface area contributed by atoms with Gasteiger partial charge in [0.2, 0.25) is 0 Å². The van der Waals surface area contributed by atoms with Gasteiger partial charge in [0.1, 0.15) is 6.10 Å². The molecule has 84 valence electrons. The molecule has 1 aromatic heterocycles. The maximum atomic E-state index is 13.1. The summed E-state index contributed by atoms with van der Waals surface area (Å²) in [4.78, 5) is 3.85. The first-order chi connectivity index (χ1) is 6.86. The number of hydrogen-bond donors (Lipinski definition) is 1. The van der Waals surface area contributed by atoms with Gasteiger partial charge >= 0.3 is 0 Å². The lowest BCUT2D eigenvalue weighted by Crippen LogP contribution is -2.34. The van der Waals surface area contributed by atoms with E-state index in [1.54, 1.807) is 12.3 Å². The van der Waals surface area contributed by atoms with Crippen LogP contribution in [0.1, 0.15) is 12.8 Å². The van der Waals surface area contributed by atoms with E-state index in [4.69, 9.17) is 4.74 Å². The minimum Gasteiger partial charge on any atom is -0.472 e. The molecule has 2 rings (SSSR count). The van der Waals surface area contributed by atoms with E-state index in [0.29, 0.717) is 0 Å². The van der Waals surface area contributed by atoms with Crippen LogP contribution >= 0.6 is 12.4 Å². The number of ether oxygens (including phenoxy) is 1. The lowest BCUT2D eigenvalue weighted by Gasteiger charge is -2.23. The average Bonchev–Trinajstić information content (AvgIpc) is 2.23. The van der Waals surface area contributed by atoms with Crippen molar-refractivity contribution in [1.82, 2.24) is 10.3 Å². The highest BCUT2D eigenvalue weighted by Crippen LogP contribution is 2.16. The Morgan fingerprint density at radius 3 is 2.80 bits per heavy atom. The fourth-order valence-corrected chi connectivity index (χ4v) is 1.53. The normalized spacial score (nSPS) is 16.9. The van der Waals surface area contributed by atoms with Crippen LogP contribution in [0.15, 0.2) is 18.3 Å². The second-order valence-electron chi connectivity index (χ2n) is 3.36. The van der Waals surface area contributed by atoms with E-state index in [9.17, 15) is 4.39 Å². The topological polar surface area (TPSA) is 34.1 Å². The first-order valence-corrected chi connectivity index (χ1v) is 4.84. The molecule has 1 saturated heterocycles. The molecule has 1 aliphatic heterocycles. The van der Waals surface area contributed by atoms with Crippen molar-refractivity contribution in [2.45, 2.75) is 18.9 Å². The first kappa shape index (κ1) is 12.2. The number of nitrogens with zero attached hydrogens (tertiary/aromatic N) is 1. The predicted octanol–water partition coefficient (Wildman–Crippen LogP) is 1.77. The summed E-state index contributed by atoms with van der Waals surface area (Å²) < 4.78 is 18.6. The van der Waals surface area contributed by atoms with E-state index in [0.717, 1.165) is 25.9 Å². The Morgan fingerprint density at radius 2 is 2.13 bits per heavy atom. The molecule has 3 nitrogen and oxygen atoms in total. The van der Waals surface area contributed by atoms with Gasteiger partial charge in [-0.2, -0.15) is 0 Å². The quantitative estimate of drug-likeness (QED) is 0.844. The smallest absolute Gasteiger partial charge is 0.250 e. The summed E-state index contributed by atoms with van der Waals surface area (Å²) in [6.07, 6.45) is 3.46. The number of hydrogen-bond acceptors (Lipinski definition) is 3. The van der Waals surface area contributed by atoms with E-state index in [1.165, 1.54) is 6.07 Å². The lowest BCUT2D eigenvalue weighted by atomic mass is 10.1. The van der Waals surface area contributed by atoms with Crippen molar-refractivity contribution in [2.24, 2.45) is 0 Å². The maximum Gasteiger partial charge on any atom is 0.250 e. The number of pyridine rings is 1. The molecule has 1 fully saturated rings. The van der Waals surface area contributed by atoms with Gasteiger partial charge in [0.25, 0.3) is 5.88 Å². The van der Waals surface area contributed by atoms with E-state index in [-0.39, 0.29) is 30.2 Å². The van der Waals surface area contributed by atoms with Crippen LogP contribution in [0.4, 0.5) is 4.39 Å². The lowest BCUT2D eigenvalue weighted by molar-refractivity contribution is 0.149. The van der Waals surface area contributed by atoms with E-state index in [2.05, 4.69) is 10.3 Å². The van der Waals surface area contributed by atoms with Crippen molar-refractivity contribution in [3.05, 3.63) is 24.1 Å². The van der Waals surface area contributed by atoms with Crippen molar-refractivity contribution in [2.75, 3.05) is 13.1 Å². The van der Waals surface area contributed by atoms with Gasteiger partial charge in [-0.05, 0) is 38.1 Å². The summed E-state index contributed by atoms with van der Waals surface area (Å²) >= 11 is 0. The molecule has 0 amide bonds. The van der Waals surface area contributed by atoms with E-state index >= 15 is 0 Å². The van der Waals surface area contributed by atoms with Gasteiger partial charge in [-0.15, -0.1) is 12.4 Å². The van der Waals surface area contributed by atoms with Crippen molar-refractivity contribution in [3.8, 4) is 5.88 Å². The average molecular weight is 233 g/mol. The minimum atomic E-state index is -0.383. The van der Waals surface area contributed by atoms with Crippen LogP contribution in [0.25, 0.3) is 0 Å². The maximum absolute atomic E-state index is 13.1. The van der Waals surface area contributed by atoms with Gasteiger partial charge in [0.05, 0.1) is 0 Å². The molecule has 0 aliphatic carbocycles. The van der Waals surface area contributed by atoms with Crippen LogP contribution in [0.5, 0.6) is 5.88 Å². The van der Waals surface area contributed by atoms with Crippen molar-refractivity contribution in [1.29, 1.82) is 0 Å². The van der Waals surface area contributed by atoms with Crippen molar-refractivity contribution >= 4 is 12.4 Å². The molecule has 0 radical (unpaired) electrons. The molecule has 1 aliphatic rings. The number of halogens is 2. The van der Waals surface area contributed by atoms with Crippen LogP contribution in [0, 0.1) is 5.82 Å². The summed E-state index contributed by atoms with van der Waals surface area (Å²) in [6, 6.07) is 2.92. The number of piperidine rings is 1. The first-order valence-electron chi connectivity index (χ1n) is 4.84. The summed E-state index contributed by atoms with van der Waals surface area (Å²) in [5.74, 6) is -0.259. The fourth-order valence-electron chi connectivity index (χ4n) is 1.53. The molecule has 5 heteroatoms. The van der Waals surface area contributed by atoms with Crippen molar-refractivity contribution < 1.29 is 9.13 Å².